The summed E-state index contributed by atoms with van der Waals surface area (Å²) in [4.78, 5) is 90.5. The summed E-state index contributed by atoms with van der Waals surface area (Å²) in [5, 5.41) is 17.3. The van der Waals surface area contributed by atoms with E-state index in [4.69, 9.17) is 30.3 Å². The lowest BCUT2D eigenvalue weighted by atomic mass is 10.2. The van der Waals surface area contributed by atoms with Crippen LogP contribution in [-0.2, 0) is 42.7 Å². The smallest absolute Gasteiger partial charge is 0.369 e. The highest BCUT2D eigenvalue weighted by atomic mass is 127. The Bertz CT molecular complexity index is 2160. The van der Waals surface area contributed by atoms with E-state index in [0.29, 0.717) is 12.0 Å². The first-order valence-electron chi connectivity index (χ1n) is 17.3. The maximum absolute atomic E-state index is 11.8. The number of carbonyl (C=O) groups excluding carboxylic acids is 7. The molecule has 0 aromatic carbocycles. The lowest BCUT2D eigenvalue weighted by Crippen LogP contribution is -2.28. The molecule has 3 rings (SSSR count). The summed E-state index contributed by atoms with van der Waals surface area (Å²) in [6.45, 7) is 15.5. The number of hydrogen-bond acceptors (Lipinski definition) is 25. The van der Waals surface area contributed by atoms with Crippen molar-refractivity contribution in [1.29, 1.82) is 5.26 Å². The molecule has 22 nitrogen and oxygen atoms in total. The van der Waals surface area contributed by atoms with Crippen LogP contribution in [0.3, 0.4) is 0 Å². The van der Waals surface area contributed by atoms with Gasteiger partial charge in [0.05, 0.1) is 41.3 Å². The molecule has 0 fully saturated rings. The third kappa shape index (κ3) is 20.9. The highest BCUT2D eigenvalue weighted by Crippen LogP contribution is 2.26. The minimum Gasteiger partial charge on any atom is -0.476 e. The van der Waals surface area contributed by atoms with Crippen molar-refractivity contribution in [3.8, 4) is 6.07 Å². The standard InChI is InChI=1S/C10H12INO4S.2C10H14N2O4S.C6H4INO4S/c2*1-10(2,3)16-8(13)6-5(11)7(17-12-6)9(14)15-4;1-10(2,3)16-9(14)7(5-11)12-17-6-8(13)15-4;1-12-6(11)4-2(7)3(5(9)10)8-13-4/h1-4H3;11H2,1-4H3;6H2,1-4H3;1H3,(H,9,10). The van der Waals surface area contributed by atoms with Gasteiger partial charge in [-0.05, 0) is 154 Å². The number of halogens is 2. The zero-order valence-corrected chi connectivity index (χ0v) is 44.1. The van der Waals surface area contributed by atoms with Crippen molar-refractivity contribution in [3.63, 3.8) is 0 Å². The molecule has 0 spiro atoms. The molecule has 0 radical (unpaired) electrons. The van der Waals surface area contributed by atoms with Crippen LogP contribution in [0.25, 0.3) is 0 Å². The van der Waals surface area contributed by atoms with E-state index in [-0.39, 0.29) is 44.0 Å². The molecule has 0 saturated carbocycles. The second-order valence-corrected chi connectivity index (χ2v) is 19.5. The average Bonchev–Trinajstić information content (AvgIpc) is 3.90. The second kappa shape index (κ2) is 27.0. The molecule has 3 aromatic heterocycles. The number of nitrogens with two attached hydrogens (primary N) is 1. The fourth-order valence-corrected chi connectivity index (χ4v) is 7.89. The van der Waals surface area contributed by atoms with Gasteiger partial charge in [-0.3, -0.25) is 4.79 Å². The first-order chi connectivity index (χ1) is 29.4. The van der Waals surface area contributed by atoms with Crippen molar-refractivity contribution in [2.75, 3.05) is 39.9 Å². The van der Waals surface area contributed by atoms with Gasteiger partial charge in [0.2, 0.25) is 5.71 Å². The van der Waals surface area contributed by atoms with Crippen molar-refractivity contribution >= 4 is 151 Å². The topological polar surface area (TPSA) is 322 Å². The van der Waals surface area contributed by atoms with Crippen LogP contribution in [0.1, 0.15) is 123 Å². The van der Waals surface area contributed by atoms with E-state index in [1.807, 2.05) is 22.6 Å². The molecule has 0 aliphatic carbocycles. The molecule has 0 aliphatic heterocycles. The zero-order valence-electron chi connectivity index (χ0n) is 36.5. The normalized spacial score (nSPS) is 10.9. The van der Waals surface area contributed by atoms with E-state index in [1.165, 1.54) is 28.4 Å². The van der Waals surface area contributed by atoms with Crippen LogP contribution >= 0.6 is 91.7 Å². The summed E-state index contributed by atoms with van der Waals surface area (Å²) in [5.74, 6) is -5.36. The summed E-state index contributed by atoms with van der Waals surface area (Å²) in [6.07, 6.45) is 0. The van der Waals surface area contributed by atoms with Crippen LogP contribution in [0.15, 0.2) is 4.40 Å². The Morgan fingerprint density at radius 1 is 0.641 bits per heavy atom. The molecular formula is C36H44I2N6O16S4. The van der Waals surface area contributed by atoms with E-state index in [9.17, 15) is 38.4 Å². The minimum absolute atomic E-state index is 0.00361. The highest BCUT2D eigenvalue weighted by molar-refractivity contribution is 14.1. The number of carbonyl (C=O) groups is 8. The Labute approximate surface area is 411 Å². The summed E-state index contributed by atoms with van der Waals surface area (Å²) in [5.41, 5.74) is 3.34. The molecule has 352 valence electrons. The van der Waals surface area contributed by atoms with E-state index in [0.717, 1.165) is 46.5 Å². The number of nitrogen functional groups attached to an aromatic ring is 1. The summed E-state index contributed by atoms with van der Waals surface area (Å²) in [7, 11) is 4.99. The molecule has 3 heterocycles. The van der Waals surface area contributed by atoms with Crippen molar-refractivity contribution < 1.29 is 76.6 Å². The van der Waals surface area contributed by atoms with E-state index in [2.05, 4.69) is 36.5 Å². The number of methoxy groups -OCH3 is 4. The monoisotopic (exact) mass is 1200 g/mol. The molecule has 0 aliphatic rings. The predicted molar refractivity (Wildman–Crippen MR) is 251 cm³/mol. The van der Waals surface area contributed by atoms with Crippen molar-refractivity contribution in [1.82, 2.24) is 13.1 Å². The maximum Gasteiger partial charge on any atom is 0.369 e. The van der Waals surface area contributed by atoms with Crippen LogP contribution in [0.4, 0.5) is 5.69 Å². The summed E-state index contributed by atoms with van der Waals surface area (Å²) in [6, 6.07) is 1.62. The number of carboxylic acid groups (broad SMARTS) is 1. The van der Waals surface area contributed by atoms with Crippen molar-refractivity contribution in [2.24, 2.45) is 4.40 Å². The van der Waals surface area contributed by atoms with Gasteiger partial charge in [-0.15, -0.1) is 0 Å². The van der Waals surface area contributed by atoms with E-state index in [1.54, 1.807) is 91.0 Å². The second-order valence-electron chi connectivity index (χ2n) is 14.3. The van der Waals surface area contributed by atoms with Crippen molar-refractivity contribution in [3.05, 3.63) is 38.9 Å². The molecule has 28 heteroatoms. The largest absolute Gasteiger partial charge is 0.476 e. The molecule has 3 N–H and O–H groups in total. The number of aromatic nitrogens is 3. The lowest BCUT2D eigenvalue weighted by molar-refractivity contribution is -0.146. The third-order valence-corrected chi connectivity index (χ3v) is 11.8. The number of nitrogens with zero attached hydrogens (tertiary/aromatic N) is 5. The number of aromatic carboxylic acids is 1. The number of rotatable bonds is 10. The maximum atomic E-state index is 11.8. The van der Waals surface area contributed by atoms with Gasteiger partial charge in [0, 0.05) is 0 Å². The SMILES string of the molecule is COC(=O)CSN=C(C#N)C(=O)OC(C)(C)C.COC(=O)c1snc(C(=O)O)c1I.COC(=O)c1snc(C(=O)OC(C)(C)C)c1I.COC(=O)c1snc(C(=O)OC(C)(C)C)c1N. The molecular weight excluding hydrogens is 1150 g/mol. The number of anilines is 1. The van der Waals surface area contributed by atoms with Crippen LogP contribution in [0, 0.1) is 18.5 Å². The first kappa shape index (κ1) is 59.4. The Balaban J connectivity index is 0.000000831. The molecule has 64 heavy (non-hydrogen) atoms. The first-order valence-corrected chi connectivity index (χ1v) is 22.7. The van der Waals surface area contributed by atoms with E-state index >= 15 is 0 Å². The Morgan fingerprint density at radius 2 is 1.02 bits per heavy atom. The van der Waals surface area contributed by atoms with Gasteiger partial charge in [-0.1, -0.05) is 0 Å². The number of nitriles is 1. The Morgan fingerprint density at radius 3 is 1.39 bits per heavy atom. The van der Waals surface area contributed by atoms with Gasteiger partial charge in [0.1, 0.15) is 38.4 Å². The van der Waals surface area contributed by atoms with Gasteiger partial charge in [0.15, 0.2) is 22.0 Å². The molecule has 0 amide bonds. The molecule has 0 bridgehead atoms. The van der Waals surface area contributed by atoms with Gasteiger partial charge in [0.25, 0.3) is 0 Å². The zero-order chi connectivity index (χ0) is 49.9. The van der Waals surface area contributed by atoms with Gasteiger partial charge in [-0.2, -0.15) is 22.8 Å². The van der Waals surface area contributed by atoms with Crippen LogP contribution < -0.4 is 5.73 Å². The predicted octanol–water partition coefficient (Wildman–Crippen LogP) is 6.30. The fourth-order valence-electron chi connectivity index (χ4n) is 3.23. The number of carboxylic acids is 1. The Hall–Kier alpha value is -4.58. The fraction of sp³-hybridized carbons (Fsp3) is 0.472. The number of hydrogen-bond donors (Lipinski definition) is 2. The lowest BCUT2D eigenvalue weighted by Gasteiger charge is -2.18. The Kier molecular flexibility index (Phi) is 25.1. The molecule has 3 aromatic rings. The third-order valence-electron chi connectivity index (χ3n) is 5.76. The average molecular weight is 1200 g/mol. The minimum atomic E-state index is -1.14. The summed E-state index contributed by atoms with van der Waals surface area (Å²) >= 11 is 6.97. The molecule has 0 atom stereocenters. The van der Waals surface area contributed by atoms with Crippen molar-refractivity contribution in [2.45, 2.75) is 79.1 Å². The highest BCUT2D eigenvalue weighted by Gasteiger charge is 2.28. The quantitative estimate of drug-likeness (QED) is 0.0739. The van der Waals surface area contributed by atoms with E-state index < -0.39 is 64.6 Å². The van der Waals surface area contributed by atoms with Crippen LogP contribution in [-0.4, -0.2) is 123 Å². The van der Waals surface area contributed by atoms with Gasteiger partial charge < -0.3 is 44.0 Å². The van der Waals surface area contributed by atoms with Gasteiger partial charge in [-0.25, -0.2) is 33.6 Å². The van der Waals surface area contributed by atoms with Crippen LogP contribution in [0.2, 0.25) is 0 Å². The van der Waals surface area contributed by atoms with Crippen LogP contribution in [0.5, 0.6) is 0 Å². The number of esters is 7. The van der Waals surface area contributed by atoms with Gasteiger partial charge >= 0.3 is 47.8 Å². The summed E-state index contributed by atoms with van der Waals surface area (Å²) < 4.78 is 48.9. The molecule has 0 saturated heterocycles. The molecule has 0 unspecified atom stereocenters. The number of ether oxygens (including phenoxy) is 7.